The molecule has 0 aliphatic heterocycles. The van der Waals surface area contributed by atoms with Crippen molar-refractivity contribution in [3.63, 3.8) is 0 Å². The van der Waals surface area contributed by atoms with Crippen LogP contribution in [-0.2, 0) is 11.2 Å². The van der Waals surface area contributed by atoms with Crippen LogP contribution in [0.2, 0.25) is 0 Å². The van der Waals surface area contributed by atoms with Gasteiger partial charge in [-0.25, -0.2) is 0 Å². The minimum absolute atomic E-state index is 0.790. The van der Waals surface area contributed by atoms with Crippen LogP contribution < -0.4 is 5.32 Å². The number of pyridine rings is 1. The zero-order valence-corrected chi connectivity index (χ0v) is 9.41. The molecule has 0 radical (unpaired) electrons. The van der Waals surface area contributed by atoms with Gasteiger partial charge in [0.15, 0.2) is 0 Å². The van der Waals surface area contributed by atoms with Crippen LogP contribution in [0.25, 0.3) is 0 Å². The summed E-state index contributed by atoms with van der Waals surface area (Å²) in [6.45, 7) is 5.78. The number of hydrogen-bond donors (Lipinski definition) is 1. The summed E-state index contributed by atoms with van der Waals surface area (Å²) in [5.74, 6) is 0. The van der Waals surface area contributed by atoms with E-state index < -0.39 is 0 Å². The van der Waals surface area contributed by atoms with Crippen LogP contribution in [0.4, 0.5) is 0 Å². The number of rotatable bonds is 8. The Bertz CT molecular complexity index is 239. The second-order valence-electron chi connectivity index (χ2n) is 3.47. The molecule has 0 fully saturated rings. The lowest BCUT2D eigenvalue weighted by atomic mass is 10.2. The van der Waals surface area contributed by atoms with Crippen LogP contribution in [0.15, 0.2) is 24.5 Å². The van der Waals surface area contributed by atoms with E-state index in [0.29, 0.717) is 0 Å². The molecule has 15 heavy (non-hydrogen) atoms. The third-order valence-electron chi connectivity index (χ3n) is 2.13. The van der Waals surface area contributed by atoms with Crippen molar-refractivity contribution in [1.82, 2.24) is 10.3 Å². The highest BCUT2D eigenvalue weighted by atomic mass is 16.5. The SMILES string of the molecule is CCCNCCOCCc1ccncc1. The van der Waals surface area contributed by atoms with Gasteiger partial charge in [-0.1, -0.05) is 6.92 Å². The van der Waals surface area contributed by atoms with Gasteiger partial charge in [0.05, 0.1) is 13.2 Å². The molecule has 84 valence electrons. The smallest absolute Gasteiger partial charge is 0.0591 e. The van der Waals surface area contributed by atoms with Crippen molar-refractivity contribution in [2.24, 2.45) is 0 Å². The average molecular weight is 208 g/mol. The molecule has 0 saturated carbocycles. The highest BCUT2D eigenvalue weighted by molar-refractivity contribution is 5.09. The van der Waals surface area contributed by atoms with Gasteiger partial charge in [-0.15, -0.1) is 0 Å². The zero-order chi connectivity index (χ0) is 10.8. The molecule has 3 nitrogen and oxygen atoms in total. The molecule has 0 unspecified atom stereocenters. The fourth-order valence-electron chi connectivity index (χ4n) is 1.29. The third kappa shape index (κ3) is 6.20. The first-order chi connectivity index (χ1) is 7.43. The topological polar surface area (TPSA) is 34.1 Å². The van der Waals surface area contributed by atoms with Crippen LogP contribution in [0.1, 0.15) is 18.9 Å². The molecule has 1 N–H and O–H groups in total. The first-order valence-corrected chi connectivity index (χ1v) is 5.61. The maximum absolute atomic E-state index is 5.50. The highest BCUT2D eigenvalue weighted by Gasteiger charge is 1.92. The summed E-state index contributed by atoms with van der Waals surface area (Å²) in [4.78, 5) is 3.97. The normalized spacial score (nSPS) is 10.5. The Kier molecular flexibility index (Phi) is 6.79. The van der Waals surface area contributed by atoms with Crippen LogP contribution in [0, 0.1) is 0 Å². The van der Waals surface area contributed by atoms with Crippen molar-refractivity contribution < 1.29 is 4.74 Å². The van der Waals surface area contributed by atoms with E-state index in [1.807, 2.05) is 24.5 Å². The molecule has 0 atom stereocenters. The lowest BCUT2D eigenvalue weighted by Crippen LogP contribution is -2.20. The van der Waals surface area contributed by atoms with Gasteiger partial charge in [-0.3, -0.25) is 4.98 Å². The Morgan fingerprint density at radius 2 is 2.00 bits per heavy atom. The molecule has 0 spiro atoms. The maximum atomic E-state index is 5.50. The fourth-order valence-corrected chi connectivity index (χ4v) is 1.29. The Labute approximate surface area is 91.9 Å². The van der Waals surface area contributed by atoms with E-state index in [2.05, 4.69) is 17.2 Å². The fraction of sp³-hybridized carbons (Fsp3) is 0.583. The van der Waals surface area contributed by atoms with E-state index in [4.69, 9.17) is 4.74 Å². The van der Waals surface area contributed by atoms with E-state index >= 15 is 0 Å². The second-order valence-corrected chi connectivity index (χ2v) is 3.47. The summed E-state index contributed by atoms with van der Waals surface area (Å²) in [6, 6.07) is 4.05. The summed E-state index contributed by atoms with van der Waals surface area (Å²) < 4.78 is 5.50. The molecular formula is C12H20N2O. The molecule has 1 aromatic heterocycles. The lowest BCUT2D eigenvalue weighted by molar-refractivity contribution is 0.139. The number of nitrogens with one attached hydrogen (secondary N) is 1. The van der Waals surface area contributed by atoms with E-state index in [1.54, 1.807) is 0 Å². The largest absolute Gasteiger partial charge is 0.380 e. The van der Waals surface area contributed by atoms with Crippen molar-refractivity contribution in [2.75, 3.05) is 26.3 Å². The highest BCUT2D eigenvalue weighted by Crippen LogP contribution is 1.97. The summed E-state index contributed by atoms with van der Waals surface area (Å²) in [5.41, 5.74) is 1.28. The minimum atomic E-state index is 0.790. The summed E-state index contributed by atoms with van der Waals surface area (Å²) in [6.07, 6.45) is 5.78. The van der Waals surface area contributed by atoms with E-state index in [0.717, 1.165) is 32.7 Å². The number of ether oxygens (including phenoxy) is 1. The molecule has 0 aromatic carbocycles. The molecule has 1 rings (SSSR count). The molecule has 1 heterocycles. The van der Waals surface area contributed by atoms with Gasteiger partial charge in [-0.2, -0.15) is 0 Å². The molecule has 0 saturated heterocycles. The first-order valence-electron chi connectivity index (χ1n) is 5.61. The van der Waals surface area contributed by atoms with Crippen molar-refractivity contribution in [3.8, 4) is 0 Å². The van der Waals surface area contributed by atoms with Crippen LogP contribution >= 0.6 is 0 Å². The summed E-state index contributed by atoms with van der Waals surface area (Å²) >= 11 is 0. The van der Waals surface area contributed by atoms with Gasteiger partial charge in [0.1, 0.15) is 0 Å². The Morgan fingerprint density at radius 1 is 1.20 bits per heavy atom. The van der Waals surface area contributed by atoms with E-state index in [9.17, 15) is 0 Å². The predicted octanol–water partition coefficient (Wildman–Crippen LogP) is 1.64. The van der Waals surface area contributed by atoms with Gasteiger partial charge in [-0.05, 0) is 37.1 Å². The number of nitrogens with zero attached hydrogens (tertiary/aromatic N) is 1. The van der Waals surface area contributed by atoms with Crippen molar-refractivity contribution >= 4 is 0 Å². The molecule has 0 aliphatic carbocycles. The number of hydrogen-bond acceptors (Lipinski definition) is 3. The molecular weight excluding hydrogens is 188 g/mol. The Balaban J connectivity index is 1.93. The van der Waals surface area contributed by atoms with Crippen LogP contribution in [0.3, 0.4) is 0 Å². The summed E-state index contributed by atoms with van der Waals surface area (Å²) in [5, 5.41) is 3.30. The minimum Gasteiger partial charge on any atom is -0.380 e. The van der Waals surface area contributed by atoms with Gasteiger partial charge < -0.3 is 10.1 Å². The van der Waals surface area contributed by atoms with Crippen molar-refractivity contribution in [1.29, 1.82) is 0 Å². The summed E-state index contributed by atoms with van der Waals surface area (Å²) in [7, 11) is 0. The molecule has 3 heteroatoms. The maximum Gasteiger partial charge on any atom is 0.0591 e. The monoisotopic (exact) mass is 208 g/mol. The standard InChI is InChI=1S/C12H20N2O/c1-2-6-13-9-11-15-10-5-12-3-7-14-8-4-12/h3-4,7-8,13H,2,5-6,9-11H2,1H3. The van der Waals surface area contributed by atoms with Gasteiger partial charge in [0.25, 0.3) is 0 Å². The molecule has 0 aliphatic rings. The van der Waals surface area contributed by atoms with Gasteiger partial charge in [0.2, 0.25) is 0 Å². The van der Waals surface area contributed by atoms with Crippen molar-refractivity contribution in [3.05, 3.63) is 30.1 Å². The van der Waals surface area contributed by atoms with Crippen LogP contribution in [0.5, 0.6) is 0 Å². The predicted molar refractivity (Wildman–Crippen MR) is 61.9 cm³/mol. The lowest BCUT2D eigenvalue weighted by Gasteiger charge is -2.05. The van der Waals surface area contributed by atoms with Crippen LogP contribution in [-0.4, -0.2) is 31.3 Å². The molecule has 0 amide bonds. The third-order valence-corrected chi connectivity index (χ3v) is 2.13. The van der Waals surface area contributed by atoms with Gasteiger partial charge in [0, 0.05) is 18.9 Å². The van der Waals surface area contributed by atoms with E-state index in [-0.39, 0.29) is 0 Å². The van der Waals surface area contributed by atoms with Gasteiger partial charge >= 0.3 is 0 Å². The van der Waals surface area contributed by atoms with E-state index in [1.165, 1.54) is 12.0 Å². The second kappa shape index (κ2) is 8.38. The molecule has 1 aromatic rings. The average Bonchev–Trinajstić information content (AvgIpc) is 2.29. The Morgan fingerprint density at radius 3 is 2.73 bits per heavy atom. The van der Waals surface area contributed by atoms with Crippen molar-refractivity contribution in [2.45, 2.75) is 19.8 Å². The quantitative estimate of drug-likeness (QED) is 0.659. The number of aromatic nitrogens is 1. The Hall–Kier alpha value is -0.930. The first kappa shape index (κ1) is 12.1. The molecule has 0 bridgehead atoms. The zero-order valence-electron chi connectivity index (χ0n) is 9.41.